The van der Waals surface area contributed by atoms with Crippen molar-refractivity contribution in [2.45, 2.75) is 13.1 Å². The highest BCUT2D eigenvalue weighted by molar-refractivity contribution is 6.01. The molecule has 0 aliphatic carbocycles. The molecular weight excluding hydrogens is 442 g/mol. The molecule has 0 unspecified atom stereocenters. The fraction of sp³-hybridized carbons (Fsp3) is 0.250. The van der Waals surface area contributed by atoms with Gasteiger partial charge in [0.15, 0.2) is 0 Å². The Hall–Kier alpha value is -4.34. The van der Waals surface area contributed by atoms with E-state index in [0.29, 0.717) is 33.5 Å². The highest BCUT2D eigenvalue weighted by Gasteiger charge is 2.21. The fourth-order valence-electron chi connectivity index (χ4n) is 3.60. The van der Waals surface area contributed by atoms with Gasteiger partial charge in [0.1, 0.15) is 35.7 Å². The first-order valence-electron chi connectivity index (χ1n) is 10.4. The maximum absolute atomic E-state index is 13.2. The zero-order valence-electron chi connectivity index (χ0n) is 18.9. The van der Waals surface area contributed by atoms with Gasteiger partial charge in [-0.05, 0) is 29.8 Å². The lowest BCUT2D eigenvalue weighted by Gasteiger charge is -2.22. The second-order valence-corrected chi connectivity index (χ2v) is 7.50. The van der Waals surface area contributed by atoms with Crippen LogP contribution in [0.1, 0.15) is 5.56 Å². The van der Waals surface area contributed by atoms with E-state index in [9.17, 15) is 14.4 Å². The van der Waals surface area contributed by atoms with Gasteiger partial charge in [-0.2, -0.15) is 0 Å². The van der Waals surface area contributed by atoms with Crippen molar-refractivity contribution < 1.29 is 28.2 Å². The largest absolute Gasteiger partial charge is 0.497 e. The first kappa shape index (κ1) is 22.8. The standard InChI is InChI=1S/C24H23N3O7/c1-31-16-8-15(9-17(10-16)32-2)11-26(13-21(29)33-3)20(28)12-27-14-25-22-18-6-4-5-7-19(18)34-23(22)24(27)30/h4-10,14H,11-13H2,1-3H3. The van der Waals surface area contributed by atoms with E-state index < -0.39 is 17.4 Å². The Labute approximate surface area is 194 Å². The van der Waals surface area contributed by atoms with Crippen molar-refractivity contribution in [3.05, 3.63) is 64.7 Å². The molecule has 2 heterocycles. The third kappa shape index (κ3) is 4.56. The first-order valence-corrected chi connectivity index (χ1v) is 10.4. The SMILES string of the molecule is COC(=O)CN(Cc1cc(OC)cc(OC)c1)C(=O)Cn1cnc2c(oc3ccccc32)c1=O. The maximum Gasteiger partial charge on any atom is 0.325 e. The average molecular weight is 465 g/mol. The molecule has 34 heavy (non-hydrogen) atoms. The quantitative estimate of drug-likeness (QED) is 0.365. The van der Waals surface area contributed by atoms with Crippen molar-refractivity contribution >= 4 is 33.9 Å². The molecule has 0 atom stereocenters. The number of hydrogen-bond acceptors (Lipinski definition) is 8. The smallest absolute Gasteiger partial charge is 0.325 e. The molecule has 0 N–H and O–H groups in total. The Kier molecular flexibility index (Phi) is 6.48. The zero-order valence-corrected chi connectivity index (χ0v) is 18.9. The minimum Gasteiger partial charge on any atom is -0.497 e. The summed E-state index contributed by atoms with van der Waals surface area (Å²) in [7, 11) is 4.27. The summed E-state index contributed by atoms with van der Waals surface area (Å²) in [6.45, 7) is -0.572. The second-order valence-electron chi connectivity index (χ2n) is 7.50. The molecule has 0 bridgehead atoms. The number of amides is 1. The van der Waals surface area contributed by atoms with Gasteiger partial charge in [0, 0.05) is 18.0 Å². The molecule has 0 fully saturated rings. The summed E-state index contributed by atoms with van der Waals surface area (Å²) in [5.74, 6) is -0.000820. The maximum atomic E-state index is 13.2. The Morgan fingerprint density at radius 3 is 2.44 bits per heavy atom. The molecule has 0 saturated carbocycles. The van der Waals surface area contributed by atoms with Crippen LogP contribution in [0.3, 0.4) is 0 Å². The van der Waals surface area contributed by atoms with Crippen molar-refractivity contribution in [2.75, 3.05) is 27.9 Å². The van der Waals surface area contributed by atoms with E-state index in [1.54, 1.807) is 30.3 Å². The molecule has 2 aromatic heterocycles. The normalized spacial score (nSPS) is 10.9. The van der Waals surface area contributed by atoms with Crippen molar-refractivity contribution in [2.24, 2.45) is 0 Å². The third-order valence-electron chi connectivity index (χ3n) is 5.34. The van der Waals surface area contributed by atoms with Crippen LogP contribution in [-0.4, -0.2) is 54.2 Å². The molecule has 1 amide bonds. The number of hydrogen-bond donors (Lipinski definition) is 0. The van der Waals surface area contributed by atoms with Crippen LogP contribution in [0.25, 0.3) is 22.1 Å². The van der Waals surface area contributed by atoms with E-state index in [-0.39, 0.29) is 25.2 Å². The number of nitrogens with zero attached hydrogens (tertiary/aromatic N) is 3. The van der Waals surface area contributed by atoms with Gasteiger partial charge < -0.3 is 23.5 Å². The van der Waals surface area contributed by atoms with Crippen molar-refractivity contribution in [3.8, 4) is 11.5 Å². The van der Waals surface area contributed by atoms with Gasteiger partial charge in [-0.3, -0.25) is 19.0 Å². The summed E-state index contributed by atoms with van der Waals surface area (Å²) < 4.78 is 22.1. The first-order chi connectivity index (χ1) is 16.4. The predicted molar refractivity (Wildman–Crippen MR) is 123 cm³/mol. The van der Waals surface area contributed by atoms with Crippen LogP contribution >= 0.6 is 0 Å². The van der Waals surface area contributed by atoms with Crippen LogP contribution in [0.5, 0.6) is 11.5 Å². The number of para-hydroxylation sites is 1. The molecule has 176 valence electrons. The van der Waals surface area contributed by atoms with Crippen molar-refractivity contribution in [3.63, 3.8) is 0 Å². The molecular formula is C24H23N3O7. The molecule has 10 heteroatoms. The number of furan rings is 1. The van der Waals surface area contributed by atoms with E-state index in [4.69, 9.17) is 18.6 Å². The Balaban J connectivity index is 1.64. The van der Waals surface area contributed by atoms with E-state index in [0.717, 1.165) is 4.57 Å². The Bertz CT molecular complexity index is 1400. The average Bonchev–Trinajstić information content (AvgIpc) is 3.24. The fourth-order valence-corrected chi connectivity index (χ4v) is 3.60. The van der Waals surface area contributed by atoms with Gasteiger partial charge in [0.25, 0.3) is 5.56 Å². The van der Waals surface area contributed by atoms with Crippen molar-refractivity contribution in [1.82, 2.24) is 14.5 Å². The van der Waals surface area contributed by atoms with Crippen molar-refractivity contribution in [1.29, 1.82) is 0 Å². The van der Waals surface area contributed by atoms with Gasteiger partial charge in [-0.15, -0.1) is 0 Å². The molecule has 0 aliphatic rings. The summed E-state index contributed by atoms with van der Waals surface area (Å²) >= 11 is 0. The lowest BCUT2D eigenvalue weighted by molar-refractivity contribution is -0.147. The third-order valence-corrected chi connectivity index (χ3v) is 5.34. The predicted octanol–water partition coefficient (Wildman–Crippen LogP) is 2.36. The summed E-state index contributed by atoms with van der Waals surface area (Å²) in [4.78, 5) is 43.8. The minimum absolute atomic E-state index is 0.0635. The monoisotopic (exact) mass is 465 g/mol. The number of carbonyl (C=O) groups excluding carboxylic acids is 2. The number of benzene rings is 2. The molecule has 0 spiro atoms. The summed E-state index contributed by atoms with van der Waals surface area (Å²) in [6, 6.07) is 12.3. The van der Waals surface area contributed by atoms with Gasteiger partial charge in [-0.25, -0.2) is 4.98 Å². The van der Waals surface area contributed by atoms with Crippen LogP contribution < -0.4 is 15.0 Å². The molecule has 4 rings (SSSR count). The van der Waals surface area contributed by atoms with Gasteiger partial charge >= 0.3 is 5.97 Å². The highest BCUT2D eigenvalue weighted by atomic mass is 16.5. The number of rotatable bonds is 8. The van der Waals surface area contributed by atoms with Crippen LogP contribution in [0, 0.1) is 0 Å². The number of methoxy groups -OCH3 is 3. The number of ether oxygens (including phenoxy) is 3. The number of carbonyl (C=O) groups is 2. The highest BCUT2D eigenvalue weighted by Crippen LogP contribution is 2.25. The summed E-state index contributed by atoms with van der Waals surface area (Å²) in [6.07, 6.45) is 1.30. The van der Waals surface area contributed by atoms with E-state index in [1.165, 1.54) is 32.6 Å². The van der Waals surface area contributed by atoms with Gasteiger partial charge in [0.05, 0.1) is 27.7 Å². The zero-order chi connectivity index (χ0) is 24.2. The van der Waals surface area contributed by atoms with Crippen LogP contribution in [-0.2, 0) is 27.4 Å². The van der Waals surface area contributed by atoms with Gasteiger partial charge in [0.2, 0.25) is 11.5 Å². The van der Waals surface area contributed by atoms with E-state index in [1.807, 2.05) is 12.1 Å². The van der Waals surface area contributed by atoms with E-state index >= 15 is 0 Å². The number of esters is 1. The van der Waals surface area contributed by atoms with Crippen LogP contribution in [0.15, 0.2) is 58.0 Å². The summed E-state index contributed by atoms with van der Waals surface area (Å²) in [5, 5.41) is 0.715. The topological polar surface area (TPSA) is 113 Å². The molecule has 2 aromatic carbocycles. The molecule has 4 aromatic rings. The lowest BCUT2D eigenvalue weighted by Crippen LogP contribution is -2.39. The van der Waals surface area contributed by atoms with Gasteiger partial charge in [-0.1, -0.05) is 12.1 Å². The molecule has 0 aliphatic heterocycles. The van der Waals surface area contributed by atoms with E-state index in [2.05, 4.69) is 4.98 Å². The Morgan fingerprint density at radius 1 is 1.06 bits per heavy atom. The number of aromatic nitrogens is 2. The molecule has 0 saturated heterocycles. The van der Waals surface area contributed by atoms with Crippen LogP contribution in [0.4, 0.5) is 0 Å². The minimum atomic E-state index is -0.596. The number of fused-ring (bicyclic) bond motifs is 3. The molecule has 0 radical (unpaired) electrons. The molecule has 10 nitrogen and oxygen atoms in total. The second kappa shape index (κ2) is 9.65. The lowest BCUT2D eigenvalue weighted by atomic mass is 10.2. The Morgan fingerprint density at radius 2 is 1.76 bits per heavy atom. The van der Waals surface area contributed by atoms with Crippen LogP contribution in [0.2, 0.25) is 0 Å². The summed E-state index contributed by atoms with van der Waals surface area (Å²) in [5.41, 5.74) is 1.21.